The van der Waals surface area contributed by atoms with E-state index in [4.69, 9.17) is 9.47 Å². The van der Waals surface area contributed by atoms with Crippen molar-refractivity contribution in [2.45, 2.75) is 33.3 Å². The van der Waals surface area contributed by atoms with Crippen molar-refractivity contribution in [2.75, 3.05) is 7.11 Å². The zero-order valence-corrected chi connectivity index (χ0v) is 15.5. The van der Waals surface area contributed by atoms with Crippen LogP contribution in [0.4, 0.5) is 0 Å². The monoisotopic (exact) mass is 356 g/mol. The molecule has 0 unspecified atom stereocenters. The van der Waals surface area contributed by atoms with Gasteiger partial charge in [0.1, 0.15) is 17.3 Å². The average Bonchev–Trinajstić information content (AvgIpc) is 3.07. The molecule has 0 aliphatic carbocycles. The van der Waals surface area contributed by atoms with Gasteiger partial charge in [-0.2, -0.15) is 4.98 Å². The zero-order valence-electron chi connectivity index (χ0n) is 14.7. The maximum Gasteiger partial charge on any atom is 0.338 e. The molecule has 0 saturated heterocycles. The highest BCUT2D eigenvalue weighted by molar-refractivity contribution is 7.16. The van der Waals surface area contributed by atoms with Gasteiger partial charge in [-0.15, -0.1) is 11.3 Å². The summed E-state index contributed by atoms with van der Waals surface area (Å²) in [6.07, 6.45) is 0. The molecule has 130 valence electrons. The lowest BCUT2D eigenvalue weighted by atomic mass is 9.95. The molecule has 0 saturated carbocycles. The second-order valence-electron chi connectivity index (χ2n) is 6.07. The fourth-order valence-electron chi connectivity index (χ4n) is 2.67. The summed E-state index contributed by atoms with van der Waals surface area (Å²) in [5, 5.41) is 2.90. The quantitative estimate of drug-likeness (QED) is 0.630. The number of fused-ring (bicyclic) bond motifs is 1. The topological polar surface area (TPSA) is 61.3 Å². The molecule has 6 heteroatoms. The molecular weight excluding hydrogens is 336 g/mol. The molecule has 0 bridgehead atoms. The highest BCUT2D eigenvalue weighted by Crippen LogP contribution is 2.28. The van der Waals surface area contributed by atoms with Gasteiger partial charge < -0.3 is 9.47 Å². The third kappa shape index (κ3) is 3.64. The van der Waals surface area contributed by atoms with Crippen molar-refractivity contribution < 1.29 is 14.3 Å². The number of esters is 1. The van der Waals surface area contributed by atoms with E-state index in [-0.39, 0.29) is 11.9 Å². The van der Waals surface area contributed by atoms with Crippen molar-refractivity contribution in [1.29, 1.82) is 0 Å². The highest BCUT2D eigenvalue weighted by Gasteiger charge is 2.15. The summed E-state index contributed by atoms with van der Waals surface area (Å²) in [5.41, 5.74) is 2.53. The number of aromatic nitrogens is 2. The lowest BCUT2D eigenvalue weighted by Crippen LogP contribution is -2.08. The fraction of sp³-hybridized carbons (Fsp3) is 0.316. The number of carbonyl (C=O) groups excluding carboxylic acids is 1. The van der Waals surface area contributed by atoms with Crippen LogP contribution < -0.4 is 4.74 Å². The van der Waals surface area contributed by atoms with E-state index < -0.39 is 0 Å². The number of nitrogens with zero attached hydrogens (tertiary/aromatic N) is 2. The Bertz CT molecular complexity index is 918. The molecule has 0 aliphatic heterocycles. The number of ether oxygens (including phenoxy) is 2. The number of benzene rings is 1. The Balaban J connectivity index is 1.86. The van der Waals surface area contributed by atoms with Crippen molar-refractivity contribution in [2.24, 2.45) is 0 Å². The van der Waals surface area contributed by atoms with E-state index in [9.17, 15) is 4.79 Å². The first kappa shape index (κ1) is 17.4. The molecule has 3 aromatic rings. The van der Waals surface area contributed by atoms with E-state index in [1.807, 2.05) is 30.5 Å². The molecule has 2 aromatic heterocycles. The molecule has 5 nitrogen and oxygen atoms in total. The van der Waals surface area contributed by atoms with E-state index >= 15 is 0 Å². The summed E-state index contributed by atoms with van der Waals surface area (Å²) in [5.74, 6) is 1.17. The first-order chi connectivity index (χ1) is 12.0. The number of aryl methyl sites for hydroxylation is 1. The molecule has 0 spiro atoms. The summed E-state index contributed by atoms with van der Waals surface area (Å²) in [7, 11) is 1.40. The predicted molar refractivity (Wildman–Crippen MR) is 98.4 cm³/mol. The Kier molecular flexibility index (Phi) is 4.99. The molecule has 0 fully saturated rings. The Morgan fingerprint density at radius 3 is 2.76 bits per heavy atom. The number of rotatable bonds is 5. The minimum absolute atomic E-state index is 0.207. The molecule has 0 radical (unpaired) electrons. The molecule has 1 aromatic carbocycles. The van der Waals surface area contributed by atoms with Gasteiger partial charge >= 0.3 is 5.97 Å². The Hall–Kier alpha value is -2.47. The van der Waals surface area contributed by atoms with Gasteiger partial charge in [-0.05, 0) is 41.5 Å². The molecular formula is C19H20N2O3S. The smallest absolute Gasteiger partial charge is 0.338 e. The zero-order chi connectivity index (χ0) is 18.0. The summed E-state index contributed by atoms with van der Waals surface area (Å²) < 4.78 is 10.8. The van der Waals surface area contributed by atoms with E-state index in [1.165, 1.54) is 7.11 Å². The van der Waals surface area contributed by atoms with E-state index in [1.54, 1.807) is 17.4 Å². The van der Waals surface area contributed by atoms with E-state index in [0.717, 1.165) is 21.3 Å². The molecule has 0 aliphatic rings. The van der Waals surface area contributed by atoms with Gasteiger partial charge in [0.05, 0.1) is 18.1 Å². The molecule has 2 heterocycles. The molecule has 0 amide bonds. The summed E-state index contributed by atoms with van der Waals surface area (Å²) >= 11 is 1.57. The average molecular weight is 356 g/mol. The normalized spacial score (nSPS) is 11.1. The van der Waals surface area contributed by atoms with Crippen molar-refractivity contribution in [3.63, 3.8) is 0 Å². The van der Waals surface area contributed by atoms with Gasteiger partial charge in [-0.25, -0.2) is 9.78 Å². The number of hydrogen-bond donors (Lipinski definition) is 0. The maximum absolute atomic E-state index is 11.9. The van der Waals surface area contributed by atoms with Crippen LogP contribution in [0, 0.1) is 6.92 Å². The van der Waals surface area contributed by atoms with Crippen LogP contribution in [0.1, 0.15) is 47.1 Å². The van der Waals surface area contributed by atoms with Crippen LogP contribution in [0.3, 0.4) is 0 Å². The maximum atomic E-state index is 11.9. The summed E-state index contributed by atoms with van der Waals surface area (Å²) in [6.45, 7) is 6.33. The van der Waals surface area contributed by atoms with Gasteiger partial charge in [0.2, 0.25) is 5.88 Å². The van der Waals surface area contributed by atoms with Crippen LogP contribution in [0.25, 0.3) is 10.2 Å². The third-order valence-electron chi connectivity index (χ3n) is 3.92. The highest BCUT2D eigenvalue weighted by atomic mass is 32.1. The minimum Gasteiger partial charge on any atom is -0.472 e. The van der Waals surface area contributed by atoms with Gasteiger partial charge in [0, 0.05) is 0 Å². The second-order valence-corrected chi connectivity index (χ2v) is 6.97. The lowest BCUT2D eigenvalue weighted by molar-refractivity contribution is 0.0599. The van der Waals surface area contributed by atoms with Crippen molar-refractivity contribution in [1.82, 2.24) is 9.97 Å². The van der Waals surface area contributed by atoms with Crippen LogP contribution in [0.15, 0.2) is 29.6 Å². The standard InChI is InChI=1S/C19H20N2O3S/c1-11(2)16-9-13(5-6-14(16)19(22)23-4)10-24-17-15-7-8-25-18(15)21-12(3)20-17/h5-9,11H,10H2,1-4H3. The van der Waals surface area contributed by atoms with Gasteiger partial charge in [-0.3, -0.25) is 0 Å². The predicted octanol–water partition coefficient (Wildman–Crippen LogP) is 4.49. The molecule has 25 heavy (non-hydrogen) atoms. The SMILES string of the molecule is COC(=O)c1ccc(COc2nc(C)nc3sccc23)cc1C(C)C. The number of methoxy groups -OCH3 is 1. The molecule has 0 atom stereocenters. The number of carbonyl (C=O) groups is 1. The van der Waals surface area contributed by atoms with Gasteiger partial charge in [-0.1, -0.05) is 26.0 Å². The molecule has 0 N–H and O–H groups in total. The Morgan fingerprint density at radius 1 is 1.24 bits per heavy atom. The van der Waals surface area contributed by atoms with Gasteiger partial charge in [0.25, 0.3) is 0 Å². The van der Waals surface area contributed by atoms with Crippen molar-refractivity contribution in [3.05, 3.63) is 52.2 Å². The largest absolute Gasteiger partial charge is 0.472 e. The lowest BCUT2D eigenvalue weighted by Gasteiger charge is -2.14. The Labute approximate surface area is 150 Å². The minimum atomic E-state index is -0.317. The fourth-order valence-corrected chi connectivity index (χ4v) is 3.47. The second kappa shape index (κ2) is 7.19. The van der Waals surface area contributed by atoms with Crippen LogP contribution in [-0.2, 0) is 11.3 Å². The van der Waals surface area contributed by atoms with Crippen LogP contribution in [-0.4, -0.2) is 23.0 Å². The van der Waals surface area contributed by atoms with Crippen LogP contribution in [0.2, 0.25) is 0 Å². The third-order valence-corrected chi connectivity index (χ3v) is 4.73. The van der Waals surface area contributed by atoms with Crippen LogP contribution in [0.5, 0.6) is 5.88 Å². The number of thiophene rings is 1. The van der Waals surface area contributed by atoms with Crippen LogP contribution >= 0.6 is 11.3 Å². The molecule has 3 rings (SSSR count). The summed E-state index contributed by atoms with van der Waals surface area (Å²) in [4.78, 5) is 21.6. The number of hydrogen-bond acceptors (Lipinski definition) is 6. The van der Waals surface area contributed by atoms with Gasteiger partial charge in [0.15, 0.2) is 0 Å². The van der Waals surface area contributed by atoms with E-state index in [2.05, 4.69) is 23.8 Å². The van der Waals surface area contributed by atoms with Crippen molar-refractivity contribution in [3.8, 4) is 5.88 Å². The first-order valence-corrected chi connectivity index (χ1v) is 8.93. The van der Waals surface area contributed by atoms with E-state index in [0.29, 0.717) is 23.9 Å². The Morgan fingerprint density at radius 2 is 2.04 bits per heavy atom. The first-order valence-electron chi connectivity index (χ1n) is 8.05. The van der Waals surface area contributed by atoms with Crippen molar-refractivity contribution >= 4 is 27.5 Å². The summed E-state index contributed by atoms with van der Waals surface area (Å²) in [6, 6.07) is 7.65.